The van der Waals surface area contributed by atoms with Crippen LogP contribution in [0.25, 0.3) is 0 Å². The van der Waals surface area contributed by atoms with Crippen molar-refractivity contribution in [3.63, 3.8) is 0 Å². The molecule has 2 heterocycles. The van der Waals surface area contributed by atoms with Crippen LogP contribution in [0.3, 0.4) is 0 Å². The van der Waals surface area contributed by atoms with Crippen LogP contribution in [0.4, 0.5) is 0 Å². The van der Waals surface area contributed by atoms with E-state index in [1.807, 2.05) is 11.0 Å². The molecule has 92 valence electrons. The number of pyridine rings is 1. The number of hydrogen-bond acceptors (Lipinski definition) is 4. The monoisotopic (exact) mass is 235 g/mol. The van der Waals surface area contributed by atoms with E-state index in [4.69, 9.17) is 0 Å². The Balaban J connectivity index is 2.19. The van der Waals surface area contributed by atoms with Crippen molar-refractivity contribution in [3.05, 3.63) is 30.1 Å². The molecule has 1 fully saturated rings. The number of aliphatic carboxylic acids is 1. The van der Waals surface area contributed by atoms with E-state index in [0.29, 0.717) is 0 Å². The normalized spacial score (nSPS) is 19.5. The second kappa shape index (κ2) is 5.75. The zero-order chi connectivity index (χ0) is 12.1. The van der Waals surface area contributed by atoms with E-state index in [2.05, 4.69) is 10.3 Å². The Bertz CT molecular complexity index is 361. The van der Waals surface area contributed by atoms with E-state index in [1.165, 1.54) is 0 Å². The van der Waals surface area contributed by atoms with Gasteiger partial charge in [-0.3, -0.25) is 14.7 Å². The number of hydrogen-bond donors (Lipinski definition) is 2. The van der Waals surface area contributed by atoms with Crippen LogP contribution in [0.2, 0.25) is 0 Å². The van der Waals surface area contributed by atoms with Gasteiger partial charge in [-0.2, -0.15) is 0 Å². The van der Waals surface area contributed by atoms with Gasteiger partial charge in [0.05, 0.1) is 0 Å². The van der Waals surface area contributed by atoms with Crippen molar-refractivity contribution >= 4 is 5.97 Å². The molecule has 5 heteroatoms. The van der Waals surface area contributed by atoms with E-state index in [0.717, 1.165) is 38.2 Å². The van der Waals surface area contributed by atoms with Crippen molar-refractivity contribution in [2.45, 2.75) is 12.5 Å². The molecule has 0 aliphatic carbocycles. The van der Waals surface area contributed by atoms with Crippen LogP contribution in [0.5, 0.6) is 0 Å². The van der Waals surface area contributed by atoms with Crippen molar-refractivity contribution in [1.82, 2.24) is 15.2 Å². The van der Waals surface area contributed by atoms with E-state index in [9.17, 15) is 9.90 Å². The molecular weight excluding hydrogens is 218 g/mol. The minimum Gasteiger partial charge on any atom is -0.480 e. The third kappa shape index (κ3) is 3.01. The maximum absolute atomic E-state index is 11.4. The fraction of sp³-hybridized carbons (Fsp3) is 0.500. The topological polar surface area (TPSA) is 65.5 Å². The molecule has 5 nitrogen and oxygen atoms in total. The third-order valence-corrected chi connectivity index (χ3v) is 2.97. The molecular formula is C12H17N3O2. The largest absolute Gasteiger partial charge is 0.480 e. The smallest absolute Gasteiger partial charge is 0.325 e. The van der Waals surface area contributed by atoms with Gasteiger partial charge in [0.1, 0.15) is 6.04 Å². The first kappa shape index (κ1) is 12.0. The Morgan fingerprint density at radius 2 is 2.35 bits per heavy atom. The number of nitrogens with zero attached hydrogens (tertiary/aromatic N) is 2. The molecule has 1 unspecified atom stereocenters. The number of carbonyl (C=O) groups is 1. The quantitative estimate of drug-likeness (QED) is 0.798. The lowest BCUT2D eigenvalue weighted by molar-refractivity contribution is -0.143. The molecule has 1 aliphatic heterocycles. The Labute approximate surface area is 100 Å². The first-order valence-electron chi connectivity index (χ1n) is 5.86. The van der Waals surface area contributed by atoms with Gasteiger partial charge < -0.3 is 10.4 Å². The lowest BCUT2D eigenvalue weighted by Gasteiger charge is -2.27. The van der Waals surface area contributed by atoms with Crippen LogP contribution in [-0.2, 0) is 4.79 Å². The lowest BCUT2D eigenvalue weighted by atomic mass is 10.1. The van der Waals surface area contributed by atoms with Crippen LogP contribution in [-0.4, -0.2) is 47.1 Å². The lowest BCUT2D eigenvalue weighted by Crippen LogP contribution is -2.36. The highest BCUT2D eigenvalue weighted by Gasteiger charge is 2.27. The van der Waals surface area contributed by atoms with Gasteiger partial charge in [-0.1, -0.05) is 6.07 Å². The molecule has 0 bridgehead atoms. The molecule has 2 N–H and O–H groups in total. The summed E-state index contributed by atoms with van der Waals surface area (Å²) < 4.78 is 0. The first-order chi connectivity index (χ1) is 8.29. The van der Waals surface area contributed by atoms with Crippen LogP contribution in [0, 0.1) is 0 Å². The molecule has 1 aliphatic rings. The van der Waals surface area contributed by atoms with Crippen LogP contribution < -0.4 is 5.32 Å². The summed E-state index contributed by atoms with van der Waals surface area (Å²) in [5.41, 5.74) is 0.752. The maximum Gasteiger partial charge on any atom is 0.325 e. The number of carboxylic acids is 1. The van der Waals surface area contributed by atoms with Gasteiger partial charge in [-0.15, -0.1) is 0 Å². The summed E-state index contributed by atoms with van der Waals surface area (Å²) in [6, 6.07) is 3.02. The fourth-order valence-electron chi connectivity index (χ4n) is 2.17. The van der Waals surface area contributed by atoms with Crippen LogP contribution >= 0.6 is 0 Å². The second-order valence-electron chi connectivity index (χ2n) is 4.17. The fourth-order valence-corrected chi connectivity index (χ4v) is 2.17. The predicted octanol–water partition coefficient (Wildman–Crippen LogP) is 0.503. The maximum atomic E-state index is 11.4. The van der Waals surface area contributed by atoms with E-state index >= 15 is 0 Å². The van der Waals surface area contributed by atoms with Crippen molar-refractivity contribution in [1.29, 1.82) is 0 Å². The summed E-state index contributed by atoms with van der Waals surface area (Å²) >= 11 is 0. The molecule has 2 rings (SSSR count). The molecule has 1 aromatic rings. The minimum atomic E-state index is -0.806. The highest BCUT2D eigenvalue weighted by Crippen LogP contribution is 2.20. The zero-order valence-corrected chi connectivity index (χ0v) is 9.67. The Kier molecular flexibility index (Phi) is 4.06. The summed E-state index contributed by atoms with van der Waals surface area (Å²) in [5.74, 6) is -0.806. The van der Waals surface area contributed by atoms with Gasteiger partial charge in [-0.05, 0) is 24.6 Å². The molecule has 17 heavy (non-hydrogen) atoms. The van der Waals surface area contributed by atoms with Gasteiger partial charge in [0.25, 0.3) is 0 Å². The summed E-state index contributed by atoms with van der Waals surface area (Å²) in [6.45, 7) is 3.35. The van der Waals surface area contributed by atoms with Crippen LogP contribution in [0.15, 0.2) is 24.5 Å². The SMILES string of the molecule is O=C(O)C(c1cccnc1)N1CCCNCC1. The zero-order valence-electron chi connectivity index (χ0n) is 9.67. The molecule has 0 spiro atoms. The molecule has 0 amide bonds. The van der Waals surface area contributed by atoms with Crippen molar-refractivity contribution < 1.29 is 9.90 Å². The average Bonchev–Trinajstić information content (AvgIpc) is 2.59. The molecule has 1 atom stereocenters. The molecule has 0 radical (unpaired) electrons. The summed E-state index contributed by atoms with van der Waals surface area (Å²) in [5, 5.41) is 12.7. The van der Waals surface area contributed by atoms with Crippen molar-refractivity contribution in [2.24, 2.45) is 0 Å². The first-order valence-corrected chi connectivity index (χ1v) is 5.86. The summed E-state index contributed by atoms with van der Waals surface area (Å²) in [4.78, 5) is 17.4. The second-order valence-corrected chi connectivity index (χ2v) is 4.17. The predicted molar refractivity (Wildman–Crippen MR) is 63.7 cm³/mol. The molecule has 0 saturated carbocycles. The number of aromatic nitrogens is 1. The highest BCUT2D eigenvalue weighted by atomic mass is 16.4. The standard InChI is InChI=1S/C12H17N3O2/c16-12(17)11(10-3-1-4-14-9-10)15-7-2-5-13-6-8-15/h1,3-4,9,11,13H,2,5-8H2,(H,16,17). The van der Waals surface area contributed by atoms with Gasteiger partial charge in [0, 0.05) is 32.0 Å². The number of carboxylic acid groups (broad SMARTS) is 1. The summed E-state index contributed by atoms with van der Waals surface area (Å²) in [6.07, 6.45) is 4.27. The summed E-state index contributed by atoms with van der Waals surface area (Å²) in [7, 11) is 0. The average molecular weight is 235 g/mol. The van der Waals surface area contributed by atoms with Crippen molar-refractivity contribution in [3.8, 4) is 0 Å². The van der Waals surface area contributed by atoms with Gasteiger partial charge in [0.2, 0.25) is 0 Å². The Morgan fingerprint density at radius 3 is 3.06 bits per heavy atom. The Morgan fingerprint density at radius 1 is 1.47 bits per heavy atom. The van der Waals surface area contributed by atoms with Gasteiger partial charge in [0.15, 0.2) is 0 Å². The molecule has 0 aromatic carbocycles. The van der Waals surface area contributed by atoms with E-state index in [-0.39, 0.29) is 0 Å². The molecule has 1 aromatic heterocycles. The number of rotatable bonds is 3. The van der Waals surface area contributed by atoms with Crippen molar-refractivity contribution in [2.75, 3.05) is 26.2 Å². The van der Waals surface area contributed by atoms with Gasteiger partial charge >= 0.3 is 5.97 Å². The van der Waals surface area contributed by atoms with E-state index < -0.39 is 12.0 Å². The molecule has 1 saturated heterocycles. The third-order valence-electron chi connectivity index (χ3n) is 2.97. The number of nitrogens with one attached hydrogen (secondary N) is 1. The van der Waals surface area contributed by atoms with E-state index in [1.54, 1.807) is 18.5 Å². The minimum absolute atomic E-state index is 0.580. The van der Waals surface area contributed by atoms with Crippen LogP contribution in [0.1, 0.15) is 18.0 Å². The van der Waals surface area contributed by atoms with Gasteiger partial charge in [-0.25, -0.2) is 0 Å². The highest BCUT2D eigenvalue weighted by molar-refractivity contribution is 5.75. The Hall–Kier alpha value is -1.46.